The molecule has 1 aliphatic heterocycles. The zero-order valence-electron chi connectivity index (χ0n) is 9.63. The number of rotatable bonds is 5. The Morgan fingerprint density at radius 3 is 2.82 bits per heavy atom. The Bertz CT molecular complexity index is 363. The van der Waals surface area contributed by atoms with Gasteiger partial charge in [-0.1, -0.05) is 30.3 Å². The van der Waals surface area contributed by atoms with Gasteiger partial charge in [0.25, 0.3) is 0 Å². The SMILES string of the molecule is O=C(O)C(NCC1CCSC1)c1ccccc1. The summed E-state index contributed by atoms with van der Waals surface area (Å²) in [5.41, 5.74) is 0.825. The quantitative estimate of drug-likeness (QED) is 0.842. The maximum absolute atomic E-state index is 11.2. The van der Waals surface area contributed by atoms with Gasteiger partial charge < -0.3 is 10.4 Å². The van der Waals surface area contributed by atoms with Crippen molar-refractivity contribution in [3.63, 3.8) is 0 Å². The Morgan fingerprint density at radius 2 is 2.24 bits per heavy atom. The van der Waals surface area contributed by atoms with E-state index < -0.39 is 12.0 Å². The molecule has 92 valence electrons. The first-order valence-electron chi connectivity index (χ1n) is 5.86. The number of benzene rings is 1. The molecule has 1 aliphatic rings. The van der Waals surface area contributed by atoms with Crippen LogP contribution in [0.1, 0.15) is 18.0 Å². The fourth-order valence-corrected chi connectivity index (χ4v) is 3.31. The van der Waals surface area contributed by atoms with E-state index in [4.69, 9.17) is 0 Å². The third-order valence-electron chi connectivity index (χ3n) is 3.01. The van der Waals surface area contributed by atoms with Crippen LogP contribution in [-0.4, -0.2) is 29.1 Å². The van der Waals surface area contributed by atoms with Gasteiger partial charge in [-0.05, 0) is 36.0 Å². The summed E-state index contributed by atoms with van der Waals surface area (Å²) >= 11 is 1.95. The Kier molecular flexibility index (Phi) is 4.45. The van der Waals surface area contributed by atoms with Gasteiger partial charge in [0.05, 0.1) is 0 Å². The molecular weight excluding hydrogens is 234 g/mol. The van der Waals surface area contributed by atoms with Gasteiger partial charge in [-0.3, -0.25) is 4.79 Å². The molecule has 1 aromatic carbocycles. The molecule has 0 aliphatic carbocycles. The highest BCUT2D eigenvalue weighted by Crippen LogP contribution is 2.23. The molecule has 0 aromatic heterocycles. The monoisotopic (exact) mass is 251 g/mol. The molecule has 1 saturated heterocycles. The average molecular weight is 251 g/mol. The van der Waals surface area contributed by atoms with Crippen molar-refractivity contribution in [2.24, 2.45) is 5.92 Å². The van der Waals surface area contributed by atoms with Crippen molar-refractivity contribution in [2.45, 2.75) is 12.5 Å². The Balaban J connectivity index is 1.95. The molecule has 0 amide bonds. The zero-order valence-corrected chi connectivity index (χ0v) is 10.5. The summed E-state index contributed by atoms with van der Waals surface area (Å²) in [5, 5.41) is 12.4. The van der Waals surface area contributed by atoms with Crippen LogP contribution < -0.4 is 5.32 Å². The zero-order chi connectivity index (χ0) is 12.1. The van der Waals surface area contributed by atoms with Gasteiger partial charge in [0, 0.05) is 0 Å². The Hall–Kier alpha value is -1.00. The van der Waals surface area contributed by atoms with E-state index in [-0.39, 0.29) is 0 Å². The van der Waals surface area contributed by atoms with Gasteiger partial charge in [-0.25, -0.2) is 0 Å². The smallest absolute Gasteiger partial charge is 0.325 e. The third kappa shape index (κ3) is 3.48. The number of carbonyl (C=O) groups is 1. The van der Waals surface area contributed by atoms with E-state index in [9.17, 15) is 9.90 Å². The van der Waals surface area contributed by atoms with Crippen LogP contribution in [0, 0.1) is 5.92 Å². The van der Waals surface area contributed by atoms with E-state index in [2.05, 4.69) is 5.32 Å². The number of carboxylic acid groups (broad SMARTS) is 1. The first-order valence-corrected chi connectivity index (χ1v) is 7.01. The number of nitrogens with one attached hydrogen (secondary N) is 1. The van der Waals surface area contributed by atoms with Gasteiger partial charge in [-0.15, -0.1) is 0 Å². The van der Waals surface area contributed by atoms with Crippen molar-refractivity contribution in [3.8, 4) is 0 Å². The molecule has 17 heavy (non-hydrogen) atoms. The summed E-state index contributed by atoms with van der Waals surface area (Å²) in [6, 6.07) is 8.78. The van der Waals surface area contributed by atoms with Crippen LogP contribution in [0.4, 0.5) is 0 Å². The van der Waals surface area contributed by atoms with E-state index in [0.29, 0.717) is 5.92 Å². The molecule has 1 heterocycles. The van der Waals surface area contributed by atoms with Crippen molar-refractivity contribution in [2.75, 3.05) is 18.1 Å². The molecule has 0 bridgehead atoms. The summed E-state index contributed by atoms with van der Waals surface area (Å²) in [6.45, 7) is 0.791. The first-order chi connectivity index (χ1) is 8.27. The van der Waals surface area contributed by atoms with Gasteiger partial charge in [-0.2, -0.15) is 11.8 Å². The van der Waals surface area contributed by atoms with E-state index >= 15 is 0 Å². The first kappa shape index (κ1) is 12.5. The summed E-state index contributed by atoms with van der Waals surface area (Å²) in [5.74, 6) is 2.16. The lowest BCUT2D eigenvalue weighted by Crippen LogP contribution is -2.32. The van der Waals surface area contributed by atoms with Crippen LogP contribution in [0.25, 0.3) is 0 Å². The van der Waals surface area contributed by atoms with Crippen LogP contribution in [-0.2, 0) is 4.79 Å². The predicted molar refractivity (Wildman–Crippen MR) is 70.3 cm³/mol. The van der Waals surface area contributed by atoms with E-state index in [0.717, 1.165) is 17.9 Å². The molecule has 0 spiro atoms. The van der Waals surface area contributed by atoms with Crippen LogP contribution in [0.2, 0.25) is 0 Å². The minimum absolute atomic E-state index is 0.582. The topological polar surface area (TPSA) is 49.3 Å². The molecule has 2 atom stereocenters. The van der Waals surface area contributed by atoms with E-state index in [1.54, 1.807) is 0 Å². The standard InChI is InChI=1S/C13H17NO2S/c15-13(16)12(11-4-2-1-3-5-11)14-8-10-6-7-17-9-10/h1-5,10,12,14H,6-9H2,(H,15,16). The molecule has 0 radical (unpaired) electrons. The highest BCUT2D eigenvalue weighted by Gasteiger charge is 2.22. The van der Waals surface area contributed by atoms with Gasteiger partial charge in [0.2, 0.25) is 0 Å². The summed E-state index contributed by atoms with van der Waals surface area (Å²) in [4.78, 5) is 11.2. The van der Waals surface area contributed by atoms with Crippen LogP contribution in [0.5, 0.6) is 0 Å². The highest BCUT2D eigenvalue weighted by atomic mass is 32.2. The van der Waals surface area contributed by atoms with Gasteiger partial charge in [0.15, 0.2) is 0 Å². The van der Waals surface area contributed by atoms with E-state index in [1.807, 2.05) is 42.1 Å². The molecule has 0 saturated carbocycles. The highest BCUT2D eigenvalue weighted by molar-refractivity contribution is 7.99. The second-order valence-electron chi connectivity index (χ2n) is 4.32. The van der Waals surface area contributed by atoms with Crippen molar-refractivity contribution < 1.29 is 9.90 Å². The molecule has 2 N–H and O–H groups in total. The Labute approximate surface area is 106 Å². The normalized spacial score (nSPS) is 21.3. The predicted octanol–water partition coefficient (Wildman–Crippen LogP) is 2.16. The van der Waals surface area contributed by atoms with E-state index in [1.165, 1.54) is 12.2 Å². The second kappa shape index (κ2) is 6.07. The minimum Gasteiger partial charge on any atom is -0.480 e. The van der Waals surface area contributed by atoms with Gasteiger partial charge in [0.1, 0.15) is 6.04 Å². The maximum Gasteiger partial charge on any atom is 0.325 e. The summed E-state index contributed by atoms with van der Waals surface area (Å²) in [6.07, 6.45) is 1.19. The van der Waals surface area contributed by atoms with Gasteiger partial charge >= 0.3 is 5.97 Å². The lowest BCUT2D eigenvalue weighted by Gasteiger charge is -2.17. The minimum atomic E-state index is -0.804. The summed E-state index contributed by atoms with van der Waals surface area (Å²) < 4.78 is 0. The number of carboxylic acids is 1. The maximum atomic E-state index is 11.2. The molecule has 3 nitrogen and oxygen atoms in total. The van der Waals surface area contributed by atoms with Crippen LogP contribution in [0.15, 0.2) is 30.3 Å². The molecule has 1 aromatic rings. The second-order valence-corrected chi connectivity index (χ2v) is 5.47. The lowest BCUT2D eigenvalue weighted by atomic mass is 10.1. The fourth-order valence-electron chi connectivity index (χ4n) is 2.02. The molecular formula is C13H17NO2S. The number of thioether (sulfide) groups is 1. The largest absolute Gasteiger partial charge is 0.480 e. The average Bonchev–Trinajstić information content (AvgIpc) is 2.83. The van der Waals surface area contributed by atoms with Crippen LogP contribution in [0.3, 0.4) is 0 Å². The molecule has 2 unspecified atom stereocenters. The summed E-state index contributed by atoms with van der Waals surface area (Å²) in [7, 11) is 0. The Morgan fingerprint density at radius 1 is 1.47 bits per heavy atom. The molecule has 2 rings (SSSR count). The molecule has 4 heteroatoms. The number of aliphatic carboxylic acids is 1. The third-order valence-corrected chi connectivity index (χ3v) is 4.25. The van der Waals surface area contributed by atoms with Crippen LogP contribution >= 0.6 is 11.8 Å². The van der Waals surface area contributed by atoms with Crippen molar-refractivity contribution >= 4 is 17.7 Å². The van der Waals surface area contributed by atoms with Crippen molar-refractivity contribution in [1.29, 1.82) is 0 Å². The lowest BCUT2D eigenvalue weighted by molar-refractivity contribution is -0.139. The fraction of sp³-hybridized carbons (Fsp3) is 0.462. The molecule has 1 fully saturated rings. The van der Waals surface area contributed by atoms with Crippen molar-refractivity contribution in [3.05, 3.63) is 35.9 Å². The number of hydrogen-bond donors (Lipinski definition) is 2. The van der Waals surface area contributed by atoms with Crippen molar-refractivity contribution in [1.82, 2.24) is 5.32 Å². The number of hydrogen-bond acceptors (Lipinski definition) is 3.